The van der Waals surface area contributed by atoms with Crippen LogP contribution in [0.5, 0.6) is 0 Å². The summed E-state index contributed by atoms with van der Waals surface area (Å²) in [4.78, 5) is 19.7. The number of halogens is 1. The van der Waals surface area contributed by atoms with Gasteiger partial charge in [-0.25, -0.2) is 4.39 Å². The molecular weight excluding hydrogens is 359 g/mol. The topological polar surface area (TPSA) is 82.7 Å². The molecule has 28 heavy (non-hydrogen) atoms. The third-order valence-corrected chi connectivity index (χ3v) is 5.36. The van der Waals surface area contributed by atoms with Crippen molar-refractivity contribution in [2.75, 3.05) is 33.7 Å². The maximum atomic E-state index is 13.5. The average Bonchev–Trinajstić information content (AvgIpc) is 2.64. The number of hydrogen-bond acceptors (Lipinski definition) is 5. The summed E-state index contributed by atoms with van der Waals surface area (Å²) in [6, 6.07) is 8.44. The number of nitrogens with zero attached hydrogens (tertiary/aromatic N) is 3. The molecule has 0 saturated carbocycles. The number of carbonyl (C=O) groups excluding carboxylic acids is 1. The maximum Gasteiger partial charge on any atom is 0.248 e. The van der Waals surface area contributed by atoms with Gasteiger partial charge in [-0.1, -0.05) is 12.1 Å². The van der Waals surface area contributed by atoms with Crippen molar-refractivity contribution in [3.05, 3.63) is 65.2 Å². The van der Waals surface area contributed by atoms with E-state index in [2.05, 4.69) is 9.88 Å². The number of rotatable bonds is 6. The fourth-order valence-corrected chi connectivity index (χ4v) is 4.00. The number of aromatic nitrogens is 1. The number of nitrogens with two attached hydrogens (primary N) is 1. The summed E-state index contributed by atoms with van der Waals surface area (Å²) in [6.07, 6.45) is 3.37. The second-order valence-electron chi connectivity index (χ2n) is 7.82. The van der Waals surface area contributed by atoms with Crippen molar-refractivity contribution in [2.24, 2.45) is 11.7 Å². The van der Waals surface area contributed by atoms with Gasteiger partial charge in [-0.3, -0.25) is 14.7 Å². The fraction of sp³-hybridized carbons (Fsp3) is 0.429. The Morgan fingerprint density at radius 2 is 2.18 bits per heavy atom. The van der Waals surface area contributed by atoms with Gasteiger partial charge < -0.3 is 15.7 Å². The van der Waals surface area contributed by atoms with E-state index in [4.69, 9.17) is 5.73 Å². The van der Waals surface area contributed by atoms with Crippen molar-refractivity contribution in [2.45, 2.75) is 18.6 Å². The third kappa shape index (κ3) is 4.55. The maximum absolute atomic E-state index is 13.5. The zero-order valence-corrected chi connectivity index (χ0v) is 16.3. The molecule has 0 aliphatic carbocycles. The zero-order valence-electron chi connectivity index (χ0n) is 16.3. The minimum atomic E-state index is -1.06. The van der Waals surface area contributed by atoms with Gasteiger partial charge in [0.1, 0.15) is 5.82 Å². The molecular formula is C21H27FN4O2. The Labute approximate surface area is 164 Å². The van der Waals surface area contributed by atoms with Gasteiger partial charge in [-0.15, -0.1) is 0 Å². The minimum absolute atomic E-state index is 0.0825. The van der Waals surface area contributed by atoms with Crippen LogP contribution in [0.15, 0.2) is 42.7 Å². The molecule has 1 aliphatic rings. The number of aliphatic hydroxyl groups is 1. The predicted molar refractivity (Wildman–Crippen MR) is 105 cm³/mol. The van der Waals surface area contributed by atoms with Crippen LogP contribution in [0.4, 0.5) is 4.39 Å². The molecule has 2 aromatic rings. The average molecular weight is 386 g/mol. The van der Waals surface area contributed by atoms with Crippen LogP contribution < -0.4 is 5.73 Å². The van der Waals surface area contributed by atoms with E-state index in [1.165, 1.54) is 12.3 Å². The first-order valence-corrected chi connectivity index (χ1v) is 9.37. The van der Waals surface area contributed by atoms with Crippen LogP contribution in [0.3, 0.4) is 0 Å². The highest BCUT2D eigenvalue weighted by molar-refractivity contribution is 5.92. The molecule has 1 saturated heterocycles. The molecule has 6 nitrogen and oxygen atoms in total. The van der Waals surface area contributed by atoms with Gasteiger partial charge in [-0.05, 0) is 49.8 Å². The summed E-state index contributed by atoms with van der Waals surface area (Å²) in [5.41, 5.74) is 6.27. The quantitative estimate of drug-likeness (QED) is 0.788. The Balaban J connectivity index is 1.84. The highest BCUT2D eigenvalue weighted by Gasteiger charge is 2.43. The summed E-state index contributed by atoms with van der Waals surface area (Å²) in [5.74, 6) is -0.939. The first-order valence-electron chi connectivity index (χ1n) is 9.37. The third-order valence-electron chi connectivity index (χ3n) is 5.36. The molecule has 0 spiro atoms. The Kier molecular flexibility index (Phi) is 6.07. The summed E-state index contributed by atoms with van der Waals surface area (Å²) in [7, 11) is 3.94. The van der Waals surface area contributed by atoms with Crippen LogP contribution in [0.25, 0.3) is 0 Å². The minimum Gasteiger partial charge on any atom is -0.385 e. The number of likely N-dealkylation sites (tertiary alicyclic amines) is 1. The molecule has 1 aromatic heterocycles. The number of piperidine rings is 1. The van der Waals surface area contributed by atoms with Crippen molar-refractivity contribution in [3.8, 4) is 0 Å². The lowest BCUT2D eigenvalue weighted by atomic mass is 9.75. The number of carbonyl (C=O) groups is 1. The van der Waals surface area contributed by atoms with Crippen LogP contribution >= 0.6 is 0 Å². The molecule has 1 aromatic carbocycles. The molecule has 2 atom stereocenters. The van der Waals surface area contributed by atoms with Crippen molar-refractivity contribution in [1.29, 1.82) is 0 Å². The number of benzene rings is 1. The molecule has 3 N–H and O–H groups in total. The normalized spacial score (nSPS) is 23.1. The highest BCUT2D eigenvalue weighted by Crippen LogP contribution is 2.38. The Hall–Kier alpha value is -2.35. The van der Waals surface area contributed by atoms with Crippen molar-refractivity contribution < 1.29 is 14.3 Å². The van der Waals surface area contributed by atoms with Gasteiger partial charge in [0, 0.05) is 43.9 Å². The standard InChI is InChI=1S/C21H27FN4O2/c1-25(2)13-18-14-26(12-15-8-19(22)11-24-10-15)7-6-21(18,28)17-5-3-4-16(9-17)20(23)27/h3-5,8-11,18,28H,6-7,12-14H2,1-2H3,(H2,23,27). The van der Waals surface area contributed by atoms with E-state index in [0.29, 0.717) is 43.7 Å². The monoisotopic (exact) mass is 386 g/mol. The number of amides is 1. The summed E-state index contributed by atoms with van der Waals surface area (Å²) in [6.45, 7) is 2.55. The second-order valence-corrected chi connectivity index (χ2v) is 7.82. The first kappa shape index (κ1) is 20.4. The van der Waals surface area contributed by atoms with E-state index in [-0.39, 0.29) is 11.7 Å². The van der Waals surface area contributed by atoms with Crippen LogP contribution in [0.1, 0.15) is 27.9 Å². The lowest BCUT2D eigenvalue weighted by Gasteiger charge is -2.46. The molecule has 0 bridgehead atoms. The van der Waals surface area contributed by atoms with Gasteiger partial charge in [0.15, 0.2) is 0 Å². The molecule has 0 radical (unpaired) electrons. The lowest BCUT2D eigenvalue weighted by molar-refractivity contribution is -0.0862. The van der Waals surface area contributed by atoms with Gasteiger partial charge in [0.25, 0.3) is 0 Å². The predicted octanol–water partition coefficient (Wildman–Crippen LogP) is 1.59. The Morgan fingerprint density at radius 3 is 2.86 bits per heavy atom. The second kappa shape index (κ2) is 8.34. The Bertz CT molecular complexity index is 845. The van der Waals surface area contributed by atoms with Gasteiger partial charge in [-0.2, -0.15) is 0 Å². The number of primary amides is 1. The summed E-state index contributed by atoms with van der Waals surface area (Å²) < 4.78 is 13.5. The molecule has 1 aliphatic heterocycles. The smallest absolute Gasteiger partial charge is 0.248 e. The Morgan fingerprint density at radius 1 is 1.39 bits per heavy atom. The molecule has 150 valence electrons. The molecule has 1 amide bonds. The van der Waals surface area contributed by atoms with Crippen LogP contribution in [-0.2, 0) is 12.1 Å². The van der Waals surface area contributed by atoms with Gasteiger partial charge in [0.05, 0.1) is 11.8 Å². The summed E-state index contributed by atoms with van der Waals surface area (Å²) in [5, 5.41) is 11.6. The van der Waals surface area contributed by atoms with Crippen LogP contribution in [-0.4, -0.2) is 59.5 Å². The van der Waals surface area contributed by atoms with Gasteiger partial charge >= 0.3 is 0 Å². The molecule has 7 heteroatoms. The van der Waals surface area contributed by atoms with Crippen molar-refractivity contribution >= 4 is 5.91 Å². The number of pyridine rings is 1. The van der Waals surface area contributed by atoms with E-state index in [1.807, 2.05) is 25.1 Å². The van der Waals surface area contributed by atoms with Gasteiger partial charge in [0.2, 0.25) is 5.91 Å². The largest absolute Gasteiger partial charge is 0.385 e. The van der Waals surface area contributed by atoms with E-state index in [9.17, 15) is 14.3 Å². The van der Waals surface area contributed by atoms with E-state index < -0.39 is 11.5 Å². The zero-order chi connectivity index (χ0) is 20.3. The fourth-order valence-electron chi connectivity index (χ4n) is 4.00. The molecule has 2 heterocycles. The van der Waals surface area contributed by atoms with Crippen molar-refractivity contribution in [1.82, 2.24) is 14.8 Å². The van der Waals surface area contributed by atoms with Crippen molar-refractivity contribution in [3.63, 3.8) is 0 Å². The summed E-state index contributed by atoms with van der Waals surface area (Å²) >= 11 is 0. The molecule has 3 rings (SSSR count). The number of hydrogen-bond donors (Lipinski definition) is 2. The lowest BCUT2D eigenvalue weighted by Crippen LogP contribution is -2.52. The van der Waals surface area contributed by atoms with Crippen LogP contribution in [0.2, 0.25) is 0 Å². The first-order chi connectivity index (χ1) is 13.3. The molecule has 1 fully saturated rings. The molecule has 2 unspecified atom stereocenters. The van der Waals surface area contributed by atoms with E-state index in [1.54, 1.807) is 24.4 Å². The van der Waals surface area contributed by atoms with E-state index >= 15 is 0 Å². The van der Waals surface area contributed by atoms with Crippen LogP contribution in [0, 0.1) is 11.7 Å². The SMILES string of the molecule is CN(C)CC1CN(Cc2cncc(F)c2)CCC1(O)c1cccc(C(N)=O)c1. The van der Waals surface area contributed by atoms with E-state index in [0.717, 1.165) is 5.56 Å². The highest BCUT2D eigenvalue weighted by atomic mass is 19.1.